The quantitative estimate of drug-likeness (QED) is 0.612. The highest BCUT2D eigenvalue weighted by Gasteiger charge is 2.33. The Morgan fingerprint density at radius 1 is 1.75 bits per heavy atom. The summed E-state index contributed by atoms with van der Waals surface area (Å²) in [5, 5.41) is 3.13. The molecule has 1 aromatic rings. The lowest BCUT2D eigenvalue weighted by Gasteiger charge is -2.26. The van der Waals surface area contributed by atoms with Crippen molar-refractivity contribution in [3.8, 4) is 0 Å². The number of hydrogen-bond acceptors (Lipinski definition) is 7. The molecule has 90 valence electrons. The van der Waals surface area contributed by atoms with Gasteiger partial charge >= 0.3 is 5.97 Å². The van der Waals surface area contributed by atoms with Crippen LogP contribution in [0.4, 0.5) is 0 Å². The summed E-state index contributed by atoms with van der Waals surface area (Å²) in [6.45, 7) is 4.50. The summed E-state index contributed by atoms with van der Waals surface area (Å²) < 4.78 is 9.55. The first kappa shape index (κ1) is 13.4. The molecule has 16 heavy (non-hydrogen) atoms. The molecule has 0 aromatic carbocycles. The second-order valence-electron chi connectivity index (χ2n) is 3.35. The van der Waals surface area contributed by atoms with Gasteiger partial charge in [0.05, 0.1) is 7.11 Å². The van der Waals surface area contributed by atoms with E-state index in [2.05, 4.69) is 14.7 Å². The van der Waals surface area contributed by atoms with E-state index < -0.39 is 5.54 Å². The molecule has 1 rings (SSSR count). The third kappa shape index (κ3) is 3.43. The Morgan fingerprint density at radius 3 is 3.00 bits per heavy atom. The maximum Gasteiger partial charge on any atom is 0.326 e. The van der Waals surface area contributed by atoms with E-state index in [-0.39, 0.29) is 5.97 Å². The fourth-order valence-corrected chi connectivity index (χ4v) is 2.78. The molecule has 0 fully saturated rings. The van der Waals surface area contributed by atoms with Gasteiger partial charge in [0.25, 0.3) is 0 Å². The highest BCUT2D eigenvalue weighted by atomic mass is 32.2. The number of nitrogens with one attached hydrogen (secondary N) is 1. The van der Waals surface area contributed by atoms with E-state index >= 15 is 0 Å². The van der Waals surface area contributed by atoms with Crippen molar-refractivity contribution < 1.29 is 9.53 Å². The summed E-state index contributed by atoms with van der Waals surface area (Å²) in [6.07, 6.45) is 1.51. The molecule has 0 aliphatic carbocycles. The molecule has 0 saturated heterocycles. The van der Waals surface area contributed by atoms with Crippen molar-refractivity contribution in [2.24, 2.45) is 0 Å². The molecule has 0 saturated carbocycles. The van der Waals surface area contributed by atoms with Crippen LogP contribution in [0.5, 0.6) is 0 Å². The van der Waals surface area contributed by atoms with E-state index in [1.54, 1.807) is 0 Å². The summed E-state index contributed by atoms with van der Waals surface area (Å²) in [6, 6.07) is 0. The molecule has 1 aromatic heterocycles. The van der Waals surface area contributed by atoms with Crippen LogP contribution in [0.2, 0.25) is 0 Å². The fourth-order valence-electron chi connectivity index (χ4n) is 1.23. The molecule has 0 amide bonds. The van der Waals surface area contributed by atoms with Gasteiger partial charge in [-0.05, 0) is 25.0 Å². The average molecular weight is 261 g/mol. The number of rotatable bonds is 6. The Balaban J connectivity index is 2.60. The van der Waals surface area contributed by atoms with Gasteiger partial charge in [0.1, 0.15) is 11.9 Å². The van der Waals surface area contributed by atoms with Crippen molar-refractivity contribution in [1.82, 2.24) is 14.7 Å². The molecule has 0 aliphatic rings. The van der Waals surface area contributed by atoms with Crippen molar-refractivity contribution in [1.29, 1.82) is 0 Å². The number of carbonyl (C=O) groups is 1. The zero-order valence-electron chi connectivity index (χ0n) is 9.52. The number of hydrogen-bond donors (Lipinski definition) is 1. The lowest BCUT2D eigenvalue weighted by Crippen LogP contribution is -2.52. The Bertz CT molecular complexity index is 332. The fraction of sp³-hybridized carbons (Fsp3) is 0.667. The van der Waals surface area contributed by atoms with Crippen LogP contribution in [0.15, 0.2) is 10.7 Å². The molecule has 1 atom stereocenters. The van der Waals surface area contributed by atoms with Gasteiger partial charge in [-0.15, -0.1) is 0 Å². The zero-order valence-corrected chi connectivity index (χ0v) is 11.2. The van der Waals surface area contributed by atoms with Gasteiger partial charge in [-0.2, -0.15) is 4.37 Å². The van der Waals surface area contributed by atoms with Gasteiger partial charge in [-0.25, -0.2) is 4.98 Å². The molecule has 5 nitrogen and oxygen atoms in total. The molecule has 1 N–H and O–H groups in total. The van der Waals surface area contributed by atoms with E-state index in [1.165, 1.54) is 36.7 Å². The SMILES string of the molecule is CCNC(C)(CSc1ncns1)C(=O)OC. The van der Waals surface area contributed by atoms with Gasteiger partial charge in [0.15, 0.2) is 4.34 Å². The summed E-state index contributed by atoms with van der Waals surface area (Å²) in [5.74, 6) is 0.314. The van der Waals surface area contributed by atoms with Crippen LogP contribution in [-0.4, -0.2) is 40.3 Å². The van der Waals surface area contributed by atoms with Gasteiger partial charge in [-0.3, -0.25) is 4.79 Å². The molecule has 1 heterocycles. The highest BCUT2D eigenvalue weighted by molar-refractivity contribution is 8.01. The summed E-state index contributed by atoms with van der Waals surface area (Å²) in [5.41, 5.74) is -0.681. The minimum Gasteiger partial charge on any atom is -0.468 e. The molecule has 0 bridgehead atoms. The van der Waals surface area contributed by atoms with Crippen LogP contribution in [0.25, 0.3) is 0 Å². The predicted molar refractivity (Wildman–Crippen MR) is 64.7 cm³/mol. The number of carbonyl (C=O) groups excluding carboxylic acids is 1. The second-order valence-corrected chi connectivity index (χ2v) is 5.35. The highest BCUT2D eigenvalue weighted by Crippen LogP contribution is 2.23. The standard InChI is InChI=1S/C9H15N3O2S2/c1-4-11-9(2,7(13)14-3)5-15-8-10-6-12-16-8/h6,11H,4-5H2,1-3H3. The van der Waals surface area contributed by atoms with E-state index in [1.807, 2.05) is 13.8 Å². The Hall–Kier alpha value is -0.660. The van der Waals surface area contributed by atoms with E-state index in [0.717, 1.165) is 4.34 Å². The number of nitrogens with zero attached hydrogens (tertiary/aromatic N) is 2. The van der Waals surface area contributed by atoms with Gasteiger partial charge in [0, 0.05) is 5.75 Å². The lowest BCUT2D eigenvalue weighted by molar-refractivity contribution is -0.146. The van der Waals surface area contributed by atoms with Crippen LogP contribution in [0.3, 0.4) is 0 Å². The molecule has 0 spiro atoms. The Kier molecular flexibility index (Phi) is 5.17. The minimum atomic E-state index is -0.681. The molecule has 1 unspecified atom stereocenters. The first-order valence-electron chi connectivity index (χ1n) is 4.85. The first-order chi connectivity index (χ1) is 7.62. The Morgan fingerprint density at radius 2 is 2.50 bits per heavy atom. The van der Waals surface area contributed by atoms with Gasteiger partial charge in [-0.1, -0.05) is 18.7 Å². The van der Waals surface area contributed by atoms with Crippen LogP contribution in [0, 0.1) is 0 Å². The number of likely N-dealkylation sites (N-methyl/N-ethyl adjacent to an activating group) is 1. The molecular formula is C9H15N3O2S2. The maximum atomic E-state index is 11.7. The molecule has 0 radical (unpaired) electrons. The Labute approximate surface area is 103 Å². The topological polar surface area (TPSA) is 64.1 Å². The second kappa shape index (κ2) is 6.17. The van der Waals surface area contributed by atoms with Gasteiger partial charge in [0.2, 0.25) is 0 Å². The van der Waals surface area contributed by atoms with Crippen molar-refractivity contribution in [2.45, 2.75) is 23.7 Å². The van der Waals surface area contributed by atoms with Crippen LogP contribution >= 0.6 is 23.3 Å². The number of thioether (sulfide) groups is 1. The van der Waals surface area contributed by atoms with Crippen molar-refractivity contribution in [2.75, 3.05) is 19.4 Å². The largest absolute Gasteiger partial charge is 0.468 e. The van der Waals surface area contributed by atoms with Crippen molar-refractivity contribution >= 4 is 29.3 Å². The summed E-state index contributed by atoms with van der Waals surface area (Å²) in [7, 11) is 1.40. The number of esters is 1. The number of ether oxygens (including phenoxy) is 1. The summed E-state index contributed by atoms with van der Waals surface area (Å²) >= 11 is 2.82. The third-order valence-electron chi connectivity index (χ3n) is 2.03. The molecular weight excluding hydrogens is 246 g/mol. The number of methoxy groups -OCH3 is 1. The van der Waals surface area contributed by atoms with Crippen LogP contribution in [-0.2, 0) is 9.53 Å². The predicted octanol–water partition coefficient (Wildman–Crippen LogP) is 1.17. The monoisotopic (exact) mass is 261 g/mol. The number of aromatic nitrogens is 2. The minimum absolute atomic E-state index is 0.258. The third-order valence-corrected chi connectivity index (χ3v) is 4.14. The normalized spacial score (nSPS) is 14.4. The first-order valence-corrected chi connectivity index (χ1v) is 6.61. The lowest BCUT2D eigenvalue weighted by atomic mass is 10.1. The summed E-state index contributed by atoms with van der Waals surface area (Å²) in [4.78, 5) is 15.7. The van der Waals surface area contributed by atoms with E-state index in [0.29, 0.717) is 12.3 Å². The van der Waals surface area contributed by atoms with Crippen molar-refractivity contribution in [3.63, 3.8) is 0 Å². The average Bonchev–Trinajstić information content (AvgIpc) is 2.78. The molecule has 7 heteroatoms. The van der Waals surface area contributed by atoms with E-state index in [4.69, 9.17) is 4.74 Å². The van der Waals surface area contributed by atoms with Crippen LogP contribution in [0.1, 0.15) is 13.8 Å². The van der Waals surface area contributed by atoms with E-state index in [9.17, 15) is 4.79 Å². The van der Waals surface area contributed by atoms with Crippen LogP contribution < -0.4 is 5.32 Å². The molecule has 0 aliphatic heterocycles. The maximum absolute atomic E-state index is 11.7. The smallest absolute Gasteiger partial charge is 0.326 e. The zero-order chi connectivity index (χ0) is 12.0. The van der Waals surface area contributed by atoms with Gasteiger partial charge < -0.3 is 10.1 Å². The van der Waals surface area contributed by atoms with Crippen molar-refractivity contribution in [3.05, 3.63) is 6.33 Å².